The van der Waals surface area contributed by atoms with Gasteiger partial charge in [0.05, 0.1) is 0 Å². The first kappa shape index (κ1) is 25.2. The van der Waals surface area contributed by atoms with Crippen LogP contribution in [0, 0.1) is 11.3 Å². The lowest BCUT2D eigenvalue weighted by Crippen LogP contribution is -2.75. The number of ketones is 1. The smallest absolute Gasteiger partial charge is 0.335 e. The van der Waals surface area contributed by atoms with Crippen molar-refractivity contribution in [1.29, 1.82) is 0 Å². The molecule has 8 rings (SSSR count). The van der Waals surface area contributed by atoms with Crippen LogP contribution in [0.1, 0.15) is 71.1 Å². The summed E-state index contributed by atoms with van der Waals surface area (Å²) in [6.07, 6.45) is 3.03. The highest BCUT2D eigenvalue weighted by atomic mass is 16.8. The molecule has 1 aromatic carbocycles. The van der Waals surface area contributed by atoms with Gasteiger partial charge in [0.1, 0.15) is 17.3 Å². The van der Waals surface area contributed by atoms with Crippen molar-refractivity contribution in [3.63, 3.8) is 0 Å². The molecule has 1 spiro atoms. The molecule has 0 amide bonds. The summed E-state index contributed by atoms with van der Waals surface area (Å²) in [5.41, 5.74) is 0.0365. The first-order valence-corrected chi connectivity index (χ1v) is 14.7. The predicted octanol–water partition coefficient (Wildman–Crippen LogP) is 4.02. The Hall–Kier alpha value is -2.52. The summed E-state index contributed by atoms with van der Waals surface area (Å²) < 4.78 is 24.9. The number of benzene rings is 1. The number of para-hydroxylation sites is 1. The van der Waals surface area contributed by atoms with Gasteiger partial charge in [-0.05, 0) is 69.6 Å². The van der Waals surface area contributed by atoms with E-state index >= 15 is 0 Å². The lowest BCUT2D eigenvalue weighted by molar-refractivity contribution is -0.278. The van der Waals surface area contributed by atoms with Gasteiger partial charge < -0.3 is 29.0 Å². The summed E-state index contributed by atoms with van der Waals surface area (Å²) in [5.74, 6) is -1.79. The minimum Gasteiger partial charge on any atom is -0.457 e. The molecule has 212 valence electrons. The average Bonchev–Trinajstić information content (AvgIpc) is 3.67. The number of aromatic nitrogens is 1. The number of carbonyl (C=O) groups excluding carboxylic acids is 2. The molecular weight excluding hydrogens is 510 g/mol. The van der Waals surface area contributed by atoms with Crippen LogP contribution in [0.25, 0.3) is 10.9 Å². The molecule has 8 atom stereocenters. The van der Waals surface area contributed by atoms with Crippen LogP contribution in [0.15, 0.2) is 35.9 Å². The summed E-state index contributed by atoms with van der Waals surface area (Å²) in [5, 5.41) is 14.5. The molecule has 4 heterocycles. The first-order chi connectivity index (χ1) is 18.9. The van der Waals surface area contributed by atoms with Crippen LogP contribution in [0.2, 0.25) is 0 Å². The van der Waals surface area contributed by atoms with E-state index in [4.69, 9.17) is 18.9 Å². The number of rotatable bonds is 2. The van der Waals surface area contributed by atoms with Crippen LogP contribution >= 0.6 is 0 Å². The van der Waals surface area contributed by atoms with E-state index in [0.29, 0.717) is 37.9 Å². The van der Waals surface area contributed by atoms with Crippen LogP contribution < -0.4 is 0 Å². The number of aliphatic hydroxyl groups is 1. The Labute approximate surface area is 233 Å². The zero-order valence-corrected chi connectivity index (χ0v) is 23.5. The molecule has 2 aromatic rings. The van der Waals surface area contributed by atoms with Crippen LogP contribution in [-0.2, 0) is 40.4 Å². The zero-order valence-electron chi connectivity index (χ0n) is 23.5. The Kier molecular flexibility index (Phi) is 4.82. The van der Waals surface area contributed by atoms with E-state index in [9.17, 15) is 14.7 Å². The van der Waals surface area contributed by atoms with Crippen molar-refractivity contribution < 1.29 is 33.6 Å². The maximum atomic E-state index is 13.5. The van der Waals surface area contributed by atoms with E-state index in [0.717, 1.165) is 24.1 Å². The number of carbonyl (C=O) groups is 2. The molecule has 4 unspecified atom stereocenters. The minimum absolute atomic E-state index is 0.120. The monoisotopic (exact) mass is 547 g/mol. The predicted molar refractivity (Wildman–Crippen MR) is 144 cm³/mol. The second-order valence-electron chi connectivity index (χ2n) is 13.8. The molecule has 3 aliphatic heterocycles. The molecule has 4 fully saturated rings. The van der Waals surface area contributed by atoms with E-state index in [1.807, 2.05) is 19.9 Å². The van der Waals surface area contributed by atoms with E-state index in [1.165, 1.54) is 10.9 Å². The number of hydrogen-bond acceptors (Lipinski definition) is 7. The fraction of sp³-hybridized carbons (Fsp3) is 0.625. The van der Waals surface area contributed by atoms with Gasteiger partial charge in [-0.2, -0.15) is 0 Å². The highest BCUT2D eigenvalue weighted by Crippen LogP contribution is 2.72. The summed E-state index contributed by atoms with van der Waals surface area (Å²) >= 11 is 0. The molecule has 2 saturated heterocycles. The molecule has 2 saturated carbocycles. The van der Waals surface area contributed by atoms with Crippen molar-refractivity contribution in [2.45, 2.75) is 107 Å². The lowest BCUT2D eigenvalue weighted by atomic mass is 9.41. The highest BCUT2D eigenvalue weighted by Gasteiger charge is 2.78. The molecule has 0 radical (unpaired) electrons. The Balaban J connectivity index is 1.32. The van der Waals surface area contributed by atoms with Crippen LogP contribution in [0.3, 0.4) is 0 Å². The Morgan fingerprint density at radius 3 is 2.73 bits per heavy atom. The molecule has 8 heteroatoms. The number of aromatic amines is 1. The van der Waals surface area contributed by atoms with E-state index in [-0.39, 0.29) is 11.7 Å². The fourth-order valence-electron chi connectivity index (χ4n) is 9.51. The fourth-order valence-corrected chi connectivity index (χ4v) is 9.51. The summed E-state index contributed by atoms with van der Waals surface area (Å²) in [7, 11) is 0. The second-order valence-corrected chi connectivity index (χ2v) is 13.8. The Morgan fingerprint density at radius 2 is 1.95 bits per heavy atom. The van der Waals surface area contributed by atoms with Crippen molar-refractivity contribution >= 4 is 22.7 Å². The maximum absolute atomic E-state index is 13.5. The van der Waals surface area contributed by atoms with Gasteiger partial charge in [0, 0.05) is 46.0 Å². The molecule has 40 heavy (non-hydrogen) atoms. The maximum Gasteiger partial charge on any atom is 0.335 e. The van der Waals surface area contributed by atoms with Crippen molar-refractivity contribution in [3.05, 3.63) is 47.2 Å². The first-order valence-electron chi connectivity index (χ1n) is 14.7. The molecule has 1 aromatic heterocycles. The number of H-pyrrole nitrogens is 1. The number of esters is 1. The average molecular weight is 548 g/mol. The summed E-state index contributed by atoms with van der Waals surface area (Å²) in [6.45, 7) is 8.60. The van der Waals surface area contributed by atoms with Gasteiger partial charge in [-0.25, -0.2) is 4.79 Å². The van der Waals surface area contributed by atoms with E-state index < -0.39 is 52.1 Å². The van der Waals surface area contributed by atoms with Crippen molar-refractivity contribution in [1.82, 2.24) is 4.98 Å². The van der Waals surface area contributed by atoms with E-state index in [1.54, 1.807) is 6.08 Å². The van der Waals surface area contributed by atoms with Crippen LogP contribution in [-0.4, -0.2) is 63.8 Å². The summed E-state index contributed by atoms with van der Waals surface area (Å²) in [4.78, 5) is 30.6. The van der Waals surface area contributed by atoms with Gasteiger partial charge in [-0.1, -0.05) is 32.0 Å². The topological polar surface area (TPSA) is 107 Å². The van der Waals surface area contributed by atoms with Crippen molar-refractivity contribution in [2.24, 2.45) is 11.3 Å². The quantitative estimate of drug-likeness (QED) is 0.547. The van der Waals surface area contributed by atoms with Gasteiger partial charge in [0.2, 0.25) is 0 Å². The molecule has 8 nitrogen and oxygen atoms in total. The third-order valence-corrected chi connectivity index (χ3v) is 11.7. The van der Waals surface area contributed by atoms with Gasteiger partial charge in [0.15, 0.2) is 23.8 Å². The minimum atomic E-state index is -1.70. The SMILES string of the molecule is CC1(C)O[C@@]23CCC4(C)[C@@]5(C)c6[nH]c7ccccc7c6CC5C[C@H](OC(=O)C5CCCO5)[C@@]4(O)C2=CC(=O)C1O3. The van der Waals surface area contributed by atoms with Gasteiger partial charge in [-0.3, -0.25) is 4.79 Å². The van der Waals surface area contributed by atoms with Gasteiger partial charge in [0.25, 0.3) is 0 Å². The third kappa shape index (κ3) is 2.77. The highest BCUT2D eigenvalue weighted by molar-refractivity contribution is 5.97. The standard InChI is InChI=1S/C32H37NO7/c1-28(2)26-21(34)16-23-31(39-26,40-28)12-11-29(3)30(4)17(14-19-18-8-5-6-9-20(18)33-25(19)30)15-24(32(23,29)36)38-27(35)22-10-7-13-37-22/h5-6,8-9,16-17,22,24,26,33,36H,7,10-15H2,1-4H3/t17?,22?,24-,26?,29?,30+,31-,32-/m0/s1. The molecule has 6 aliphatic rings. The van der Waals surface area contributed by atoms with Crippen molar-refractivity contribution in [3.8, 4) is 0 Å². The molecular formula is C32H37NO7. The third-order valence-electron chi connectivity index (χ3n) is 11.7. The lowest BCUT2D eigenvalue weighted by Gasteiger charge is -2.67. The van der Waals surface area contributed by atoms with Gasteiger partial charge in [-0.15, -0.1) is 0 Å². The largest absolute Gasteiger partial charge is 0.457 e. The molecule has 2 bridgehead atoms. The Morgan fingerprint density at radius 1 is 1.15 bits per heavy atom. The molecule has 3 aliphatic carbocycles. The van der Waals surface area contributed by atoms with Crippen molar-refractivity contribution in [2.75, 3.05) is 6.61 Å². The number of fused-ring (bicyclic) bond motifs is 9. The van der Waals surface area contributed by atoms with Crippen LogP contribution in [0.5, 0.6) is 0 Å². The number of nitrogens with one attached hydrogen (secondary N) is 1. The number of ether oxygens (including phenoxy) is 4. The van der Waals surface area contributed by atoms with Gasteiger partial charge >= 0.3 is 5.97 Å². The second kappa shape index (κ2) is 7.65. The normalized spacial score (nSPS) is 44.5. The number of hydrogen-bond donors (Lipinski definition) is 2. The van der Waals surface area contributed by atoms with E-state index in [2.05, 4.69) is 37.0 Å². The Bertz CT molecular complexity index is 1500. The zero-order chi connectivity index (χ0) is 27.9. The van der Waals surface area contributed by atoms with Crippen LogP contribution in [0.4, 0.5) is 0 Å². The summed E-state index contributed by atoms with van der Waals surface area (Å²) in [6, 6.07) is 8.33. The molecule has 2 N–H and O–H groups in total.